The molecule has 1 rings (SSSR count). The molecule has 6 nitrogen and oxygen atoms in total. The van der Waals surface area contributed by atoms with E-state index >= 15 is 0 Å². The molecule has 0 bridgehead atoms. The summed E-state index contributed by atoms with van der Waals surface area (Å²) in [4.78, 5) is 6.61. The van der Waals surface area contributed by atoms with Crippen LogP contribution < -0.4 is 16.4 Å². The summed E-state index contributed by atoms with van der Waals surface area (Å²) in [5.74, 6) is 1.18. The first-order chi connectivity index (χ1) is 19.8. The topological polar surface area (TPSA) is 59.8 Å². The Labute approximate surface area is 259 Å². The molecular formula is C36H64N6. The number of rotatable bonds is 24. The van der Waals surface area contributed by atoms with Crippen molar-refractivity contribution in [1.29, 1.82) is 0 Å². The Balaban J connectivity index is 2.67. The SMILES string of the molecule is C=C(CC(CC1=CCC(C)C=C1)N(C)C(=C)CNC(=C)CN(C)C(=C)CCCCCN)NCCC(C)CC(=C)N(C)C. The van der Waals surface area contributed by atoms with Gasteiger partial charge in [-0.1, -0.05) is 77.0 Å². The first-order valence-electron chi connectivity index (χ1n) is 15.9. The van der Waals surface area contributed by atoms with E-state index in [-0.39, 0.29) is 6.04 Å². The Morgan fingerprint density at radius 3 is 2.29 bits per heavy atom. The number of unbranched alkanes of at least 4 members (excludes halogenated alkanes) is 2. The number of nitrogens with one attached hydrogen (secondary N) is 2. The molecule has 42 heavy (non-hydrogen) atoms. The number of allylic oxidation sites excluding steroid dienone is 5. The Morgan fingerprint density at radius 1 is 0.952 bits per heavy atom. The van der Waals surface area contributed by atoms with Crippen LogP contribution in [-0.4, -0.2) is 75.1 Å². The number of nitrogens with zero attached hydrogens (tertiary/aromatic N) is 3. The van der Waals surface area contributed by atoms with Crippen LogP contribution in [0.1, 0.15) is 71.6 Å². The standard InChI is InChI=1S/C36H64N6/c1-28-16-18-35(19-17-28)25-36(24-30(3)38-22-20-29(2)23-33(6)40(8)9)42(11)34(7)26-39-31(4)27-41(10)32(5)15-13-12-14-21-37/h16,18-19,28-29,36,38-39H,3-7,12-15,17,20-27,37H2,1-2,8-11H3. The van der Waals surface area contributed by atoms with Gasteiger partial charge in [-0.15, -0.1) is 0 Å². The third-order valence-corrected chi connectivity index (χ3v) is 8.30. The maximum atomic E-state index is 5.61. The summed E-state index contributed by atoms with van der Waals surface area (Å²) in [5, 5.41) is 7.11. The van der Waals surface area contributed by atoms with Crippen molar-refractivity contribution in [2.45, 2.75) is 77.7 Å². The molecular weight excluding hydrogens is 516 g/mol. The average Bonchev–Trinajstić information content (AvgIpc) is 2.94. The maximum Gasteiger partial charge on any atom is 0.0564 e. The summed E-state index contributed by atoms with van der Waals surface area (Å²) >= 11 is 0. The van der Waals surface area contributed by atoms with Gasteiger partial charge in [0.05, 0.1) is 13.1 Å². The molecule has 1 aliphatic carbocycles. The van der Waals surface area contributed by atoms with Gasteiger partial charge in [0.2, 0.25) is 0 Å². The molecule has 0 aromatic heterocycles. The fourth-order valence-corrected chi connectivity index (χ4v) is 4.98. The van der Waals surface area contributed by atoms with Crippen LogP contribution in [0.5, 0.6) is 0 Å². The lowest BCUT2D eigenvalue weighted by Crippen LogP contribution is -2.37. The molecule has 0 heterocycles. The monoisotopic (exact) mass is 581 g/mol. The molecule has 0 fully saturated rings. The zero-order valence-electron chi connectivity index (χ0n) is 28.1. The molecule has 238 valence electrons. The summed E-state index contributed by atoms with van der Waals surface area (Å²) in [6.45, 7) is 29.2. The minimum absolute atomic E-state index is 0.263. The lowest BCUT2D eigenvalue weighted by atomic mass is 9.92. The van der Waals surface area contributed by atoms with Gasteiger partial charge in [-0.2, -0.15) is 0 Å². The van der Waals surface area contributed by atoms with Gasteiger partial charge >= 0.3 is 0 Å². The van der Waals surface area contributed by atoms with Crippen LogP contribution in [0.2, 0.25) is 0 Å². The highest BCUT2D eigenvalue weighted by Crippen LogP contribution is 2.25. The van der Waals surface area contributed by atoms with E-state index in [4.69, 9.17) is 5.73 Å². The molecule has 3 unspecified atom stereocenters. The lowest BCUT2D eigenvalue weighted by molar-refractivity contribution is 0.288. The summed E-state index contributed by atoms with van der Waals surface area (Å²) < 4.78 is 0. The summed E-state index contributed by atoms with van der Waals surface area (Å²) in [7, 11) is 8.36. The van der Waals surface area contributed by atoms with E-state index < -0.39 is 0 Å². The van der Waals surface area contributed by atoms with E-state index in [1.807, 2.05) is 0 Å². The van der Waals surface area contributed by atoms with E-state index in [1.54, 1.807) is 0 Å². The molecule has 0 spiro atoms. The minimum Gasteiger partial charge on any atom is -0.389 e. The van der Waals surface area contributed by atoms with Crippen molar-refractivity contribution < 1.29 is 0 Å². The van der Waals surface area contributed by atoms with Gasteiger partial charge in [0.1, 0.15) is 0 Å². The van der Waals surface area contributed by atoms with Crippen molar-refractivity contribution in [2.24, 2.45) is 17.6 Å². The molecule has 0 radical (unpaired) electrons. The molecule has 0 aromatic carbocycles. The van der Waals surface area contributed by atoms with Crippen molar-refractivity contribution >= 4 is 0 Å². The van der Waals surface area contributed by atoms with Gasteiger partial charge in [0, 0.05) is 75.7 Å². The highest BCUT2D eigenvalue weighted by atomic mass is 15.2. The van der Waals surface area contributed by atoms with Crippen molar-refractivity contribution in [1.82, 2.24) is 25.3 Å². The zero-order valence-corrected chi connectivity index (χ0v) is 28.1. The van der Waals surface area contributed by atoms with E-state index in [0.29, 0.717) is 18.4 Å². The highest BCUT2D eigenvalue weighted by Gasteiger charge is 2.20. The van der Waals surface area contributed by atoms with E-state index in [2.05, 4.69) is 118 Å². The predicted octanol–water partition coefficient (Wildman–Crippen LogP) is 6.77. The second-order valence-corrected chi connectivity index (χ2v) is 12.7. The van der Waals surface area contributed by atoms with E-state index in [1.165, 1.54) is 11.3 Å². The minimum atomic E-state index is 0.263. The Morgan fingerprint density at radius 2 is 1.67 bits per heavy atom. The van der Waals surface area contributed by atoms with Gasteiger partial charge in [0.25, 0.3) is 0 Å². The van der Waals surface area contributed by atoms with Gasteiger partial charge in [-0.25, -0.2) is 0 Å². The summed E-state index contributed by atoms with van der Waals surface area (Å²) in [5.41, 5.74) is 12.4. The number of hydrogen-bond donors (Lipinski definition) is 3. The first kappa shape index (κ1) is 37.2. The third-order valence-electron chi connectivity index (χ3n) is 8.30. The van der Waals surface area contributed by atoms with Gasteiger partial charge < -0.3 is 31.1 Å². The van der Waals surface area contributed by atoms with Crippen molar-refractivity contribution in [3.05, 3.63) is 85.2 Å². The zero-order chi connectivity index (χ0) is 31.7. The Hall–Kier alpha value is -2.86. The van der Waals surface area contributed by atoms with Crippen LogP contribution in [0.25, 0.3) is 0 Å². The van der Waals surface area contributed by atoms with Gasteiger partial charge in [0.15, 0.2) is 0 Å². The summed E-state index contributed by atoms with van der Waals surface area (Å²) in [6.07, 6.45) is 16.4. The molecule has 3 atom stereocenters. The summed E-state index contributed by atoms with van der Waals surface area (Å²) in [6, 6.07) is 0.263. The maximum absolute atomic E-state index is 5.61. The smallest absolute Gasteiger partial charge is 0.0564 e. The Kier molecular flexibility index (Phi) is 17.8. The predicted molar refractivity (Wildman–Crippen MR) is 186 cm³/mol. The van der Waals surface area contributed by atoms with Crippen molar-refractivity contribution in [3.63, 3.8) is 0 Å². The third kappa shape index (κ3) is 15.4. The quantitative estimate of drug-likeness (QED) is 0.110. The van der Waals surface area contributed by atoms with Crippen LogP contribution in [-0.2, 0) is 0 Å². The fraction of sp³-hybridized carbons (Fsp3) is 0.611. The van der Waals surface area contributed by atoms with Crippen molar-refractivity contribution in [2.75, 3.05) is 54.4 Å². The normalized spacial score (nSPS) is 15.7. The molecule has 0 aromatic rings. The molecule has 0 saturated carbocycles. The molecule has 0 amide bonds. The lowest BCUT2D eigenvalue weighted by Gasteiger charge is -2.34. The van der Waals surface area contributed by atoms with Crippen LogP contribution in [0, 0.1) is 11.8 Å². The number of likely N-dealkylation sites (N-methyl/N-ethyl adjacent to an activating group) is 2. The molecule has 0 aliphatic heterocycles. The van der Waals surface area contributed by atoms with Gasteiger partial charge in [-0.3, -0.25) is 0 Å². The van der Waals surface area contributed by atoms with Crippen LogP contribution in [0.4, 0.5) is 0 Å². The van der Waals surface area contributed by atoms with E-state index in [0.717, 1.165) is 100 Å². The highest BCUT2D eigenvalue weighted by molar-refractivity contribution is 5.25. The average molecular weight is 581 g/mol. The molecule has 1 aliphatic rings. The largest absolute Gasteiger partial charge is 0.389 e. The molecule has 4 N–H and O–H groups in total. The Bertz CT molecular complexity index is 943. The molecule has 6 heteroatoms. The van der Waals surface area contributed by atoms with Crippen molar-refractivity contribution in [3.8, 4) is 0 Å². The van der Waals surface area contributed by atoms with Gasteiger partial charge in [-0.05, 0) is 63.3 Å². The molecule has 0 saturated heterocycles. The van der Waals surface area contributed by atoms with Crippen LogP contribution in [0.15, 0.2) is 85.2 Å². The van der Waals surface area contributed by atoms with Crippen LogP contribution >= 0.6 is 0 Å². The first-order valence-corrected chi connectivity index (χ1v) is 15.9. The van der Waals surface area contributed by atoms with Crippen LogP contribution in [0.3, 0.4) is 0 Å². The number of nitrogens with two attached hydrogens (primary N) is 1. The van der Waals surface area contributed by atoms with E-state index in [9.17, 15) is 0 Å². The second-order valence-electron chi connectivity index (χ2n) is 12.7. The fourth-order valence-electron chi connectivity index (χ4n) is 4.98. The number of hydrogen-bond acceptors (Lipinski definition) is 6. The second kappa shape index (κ2) is 20.1.